The van der Waals surface area contributed by atoms with Crippen LogP contribution in [0, 0.1) is 0 Å². The Kier molecular flexibility index (Phi) is 5.91. The first-order valence-corrected chi connectivity index (χ1v) is 10.9. The Balaban J connectivity index is 1.86. The van der Waals surface area contributed by atoms with Gasteiger partial charge in [0, 0.05) is 4.47 Å². The number of tetrazole rings is 1. The monoisotopic (exact) mass is 524 g/mol. The minimum absolute atomic E-state index is 0.0168. The van der Waals surface area contributed by atoms with Crippen molar-refractivity contribution in [2.45, 2.75) is 44.1 Å². The van der Waals surface area contributed by atoms with Crippen LogP contribution in [0.3, 0.4) is 0 Å². The van der Waals surface area contributed by atoms with Crippen molar-refractivity contribution in [2.24, 2.45) is 5.73 Å². The second kappa shape index (κ2) is 8.41. The number of benzene rings is 2. The molecule has 0 spiro atoms. The molecule has 2 aromatic carbocycles. The molecule has 2 heterocycles. The lowest BCUT2D eigenvalue weighted by atomic mass is 9.80. The molecule has 0 unspecified atom stereocenters. The van der Waals surface area contributed by atoms with Crippen LogP contribution in [0.25, 0.3) is 0 Å². The van der Waals surface area contributed by atoms with Gasteiger partial charge in [-0.25, -0.2) is 9.48 Å². The fraction of sp³-hybridized carbons (Fsp3) is 0.333. The fourth-order valence-corrected chi connectivity index (χ4v) is 4.66. The van der Waals surface area contributed by atoms with Crippen molar-refractivity contribution in [1.82, 2.24) is 20.2 Å². The van der Waals surface area contributed by atoms with Crippen molar-refractivity contribution in [3.63, 3.8) is 0 Å². The number of hydrogen-bond donors (Lipinski definition) is 2. The summed E-state index contributed by atoms with van der Waals surface area (Å²) in [6.45, 7) is 2.01. The molecule has 0 saturated carbocycles. The van der Waals surface area contributed by atoms with E-state index in [0.717, 1.165) is 33.1 Å². The quantitative estimate of drug-likeness (QED) is 0.516. The first-order chi connectivity index (χ1) is 15.5. The van der Waals surface area contributed by atoms with Crippen molar-refractivity contribution < 1.29 is 23.1 Å². The number of aromatic nitrogens is 4. The average Bonchev–Trinajstić information content (AvgIpc) is 3.19. The molecule has 0 radical (unpaired) electrons. The van der Waals surface area contributed by atoms with Gasteiger partial charge >= 0.3 is 12.3 Å². The summed E-state index contributed by atoms with van der Waals surface area (Å²) in [5.41, 5.74) is 5.39. The highest BCUT2D eigenvalue weighted by Gasteiger charge is 2.47. The van der Waals surface area contributed by atoms with Gasteiger partial charge in [-0.05, 0) is 64.7 Å². The summed E-state index contributed by atoms with van der Waals surface area (Å²) in [7, 11) is 0. The zero-order valence-corrected chi connectivity index (χ0v) is 19.0. The molecule has 3 aromatic rings. The number of carbonyl (C=O) groups is 1. The standard InChI is InChI=1S/C21H20BrF3N6O2/c1-2-20(26)10-16(18-27-28-29-30(18)11-12-4-3-5-14(22)8-12)15-9-13(21(23,24)25)6-7-17(15)31(20)19(32)33/h3-9,16H,2,10-11,26H2,1H3,(H,32,33)/t16-,20+/m0/s1. The lowest BCUT2D eigenvalue weighted by Crippen LogP contribution is -2.61. The van der Waals surface area contributed by atoms with Gasteiger partial charge in [0.15, 0.2) is 5.82 Å². The molecule has 0 aliphatic carbocycles. The van der Waals surface area contributed by atoms with Gasteiger partial charge in [0.05, 0.1) is 23.7 Å². The van der Waals surface area contributed by atoms with E-state index in [-0.39, 0.29) is 30.6 Å². The number of rotatable bonds is 4. The van der Waals surface area contributed by atoms with E-state index in [0.29, 0.717) is 5.82 Å². The van der Waals surface area contributed by atoms with E-state index in [1.54, 1.807) is 6.92 Å². The van der Waals surface area contributed by atoms with Gasteiger partial charge in [-0.15, -0.1) is 5.10 Å². The van der Waals surface area contributed by atoms with Gasteiger partial charge in [-0.3, -0.25) is 4.90 Å². The van der Waals surface area contributed by atoms with E-state index >= 15 is 0 Å². The first kappa shape index (κ1) is 23.2. The Morgan fingerprint density at radius 1 is 1.30 bits per heavy atom. The van der Waals surface area contributed by atoms with Crippen LogP contribution in [0.4, 0.5) is 23.7 Å². The lowest BCUT2D eigenvalue weighted by Gasteiger charge is -2.46. The second-order valence-corrected chi connectivity index (χ2v) is 8.84. The largest absolute Gasteiger partial charge is 0.465 e. The summed E-state index contributed by atoms with van der Waals surface area (Å²) >= 11 is 3.41. The van der Waals surface area contributed by atoms with Crippen LogP contribution < -0.4 is 10.6 Å². The molecule has 33 heavy (non-hydrogen) atoms. The van der Waals surface area contributed by atoms with Crippen LogP contribution >= 0.6 is 15.9 Å². The Labute approximate surface area is 195 Å². The number of anilines is 1. The fourth-order valence-electron chi connectivity index (χ4n) is 4.22. The van der Waals surface area contributed by atoms with Crippen LogP contribution in [-0.2, 0) is 12.7 Å². The molecule has 1 amide bonds. The zero-order valence-electron chi connectivity index (χ0n) is 17.4. The van der Waals surface area contributed by atoms with Crippen molar-refractivity contribution in [3.05, 3.63) is 69.5 Å². The van der Waals surface area contributed by atoms with E-state index in [9.17, 15) is 23.1 Å². The maximum absolute atomic E-state index is 13.5. The van der Waals surface area contributed by atoms with Gasteiger partial charge in [0.25, 0.3) is 0 Å². The SMILES string of the molecule is CC[C@]1(N)C[C@H](c2nnnn2Cc2cccc(Br)c2)c2cc(C(F)(F)F)ccc2N1C(=O)O. The third-order valence-electron chi connectivity index (χ3n) is 5.87. The van der Waals surface area contributed by atoms with Gasteiger partial charge in [-0.1, -0.05) is 35.0 Å². The van der Waals surface area contributed by atoms with E-state index < -0.39 is 29.4 Å². The number of fused-ring (bicyclic) bond motifs is 1. The summed E-state index contributed by atoms with van der Waals surface area (Å²) in [5, 5.41) is 21.7. The molecular formula is C21H20BrF3N6O2. The topological polar surface area (TPSA) is 110 Å². The Morgan fingerprint density at radius 2 is 2.06 bits per heavy atom. The molecular weight excluding hydrogens is 505 g/mol. The third-order valence-corrected chi connectivity index (χ3v) is 6.36. The van der Waals surface area contributed by atoms with Gasteiger partial charge in [0.2, 0.25) is 0 Å². The van der Waals surface area contributed by atoms with Gasteiger partial charge < -0.3 is 10.8 Å². The lowest BCUT2D eigenvalue weighted by molar-refractivity contribution is -0.137. The van der Waals surface area contributed by atoms with Crippen LogP contribution in [-0.4, -0.2) is 37.1 Å². The summed E-state index contributed by atoms with van der Waals surface area (Å²) in [4.78, 5) is 13.0. The molecule has 4 rings (SSSR count). The maximum atomic E-state index is 13.5. The molecule has 2 atom stereocenters. The summed E-state index contributed by atoms with van der Waals surface area (Å²) < 4.78 is 42.9. The highest BCUT2D eigenvalue weighted by atomic mass is 79.9. The van der Waals surface area contributed by atoms with Crippen molar-refractivity contribution in [3.8, 4) is 0 Å². The third kappa shape index (κ3) is 4.32. The molecule has 0 bridgehead atoms. The first-order valence-electron chi connectivity index (χ1n) is 10.1. The minimum atomic E-state index is -4.60. The Morgan fingerprint density at radius 3 is 2.70 bits per heavy atom. The molecule has 8 nitrogen and oxygen atoms in total. The summed E-state index contributed by atoms with van der Waals surface area (Å²) in [6, 6.07) is 10.4. The minimum Gasteiger partial charge on any atom is -0.465 e. The molecule has 1 aliphatic heterocycles. The average molecular weight is 525 g/mol. The number of hydrogen-bond acceptors (Lipinski definition) is 5. The number of halogens is 4. The van der Waals surface area contributed by atoms with Gasteiger partial charge in [0.1, 0.15) is 5.66 Å². The highest BCUT2D eigenvalue weighted by Crippen LogP contribution is 2.47. The Bertz CT molecular complexity index is 1200. The van der Waals surface area contributed by atoms with E-state index in [1.807, 2.05) is 24.3 Å². The Hall–Kier alpha value is -2.99. The van der Waals surface area contributed by atoms with Crippen LogP contribution in [0.5, 0.6) is 0 Å². The zero-order chi connectivity index (χ0) is 24.0. The second-order valence-electron chi connectivity index (χ2n) is 7.93. The number of amides is 1. The molecule has 0 saturated heterocycles. The number of carboxylic acid groups (broad SMARTS) is 1. The molecule has 12 heteroatoms. The van der Waals surface area contributed by atoms with E-state index in [4.69, 9.17) is 5.73 Å². The predicted molar refractivity (Wildman–Crippen MR) is 117 cm³/mol. The smallest absolute Gasteiger partial charge is 0.416 e. The molecule has 174 valence electrons. The normalized spacial score (nSPS) is 20.5. The molecule has 3 N–H and O–H groups in total. The van der Waals surface area contributed by atoms with Crippen LogP contribution in [0.1, 0.15) is 48.2 Å². The summed E-state index contributed by atoms with van der Waals surface area (Å²) in [6.07, 6.45) is -5.68. The molecule has 1 aliphatic rings. The van der Waals surface area contributed by atoms with E-state index in [1.165, 1.54) is 4.68 Å². The van der Waals surface area contributed by atoms with Gasteiger partial charge in [-0.2, -0.15) is 13.2 Å². The predicted octanol–water partition coefficient (Wildman–Crippen LogP) is 4.59. The van der Waals surface area contributed by atoms with Crippen molar-refractivity contribution in [1.29, 1.82) is 0 Å². The van der Waals surface area contributed by atoms with Crippen molar-refractivity contribution >= 4 is 27.7 Å². The highest BCUT2D eigenvalue weighted by molar-refractivity contribution is 9.10. The van der Waals surface area contributed by atoms with Crippen LogP contribution in [0.15, 0.2) is 46.9 Å². The van der Waals surface area contributed by atoms with Crippen molar-refractivity contribution in [2.75, 3.05) is 4.90 Å². The van der Waals surface area contributed by atoms with Crippen LogP contribution in [0.2, 0.25) is 0 Å². The maximum Gasteiger partial charge on any atom is 0.416 e. The number of nitrogens with two attached hydrogens (primary N) is 1. The molecule has 0 fully saturated rings. The van der Waals surface area contributed by atoms with E-state index in [2.05, 4.69) is 31.5 Å². The summed E-state index contributed by atoms with van der Waals surface area (Å²) in [5.74, 6) is -0.436. The molecule has 1 aromatic heterocycles. The number of nitrogens with zero attached hydrogens (tertiary/aromatic N) is 5. The number of alkyl halides is 3.